The first-order valence-corrected chi connectivity index (χ1v) is 32.1. The molecule has 0 atom stereocenters. The van der Waals surface area contributed by atoms with Gasteiger partial charge in [-0.2, -0.15) is 0 Å². The van der Waals surface area contributed by atoms with Gasteiger partial charge in [-0.1, -0.05) is 0 Å². The Kier molecular flexibility index (Phi) is 5.83. The molecule has 0 aliphatic heterocycles. The number of rotatable bonds is 4. The molecule has 0 unspecified atom stereocenters. The fraction of sp³-hybridized carbons (Fsp3) is 0.368. The molecule has 0 fully saturated rings. The molecule has 2 aromatic carbocycles. The third kappa shape index (κ3) is 4.29. The van der Waals surface area contributed by atoms with Gasteiger partial charge < -0.3 is 0 Å². The Morgan fingerprint density at radius 1 is 0.655 bits per heavy atom. The van der Waals surface area contributed by atoms with Crippen LogP contribution in [0, 0.1) is 0 Å². The molecule has 6 nitrogen and oxygen atoms in total. The molecule has 0 amide bonds. The van der Waals surface area contributed by atoms with Gasteiger partial charge in [0.1, 0.15) is 0 Å². The molecule has 0 heterocycles. The Balaban J connectivity index is 2.59. The molecule has 10 heteroatoms. The monoisotopic (exact) mass is 654 g/mol. The van der Waals surface area contributed by atoms with Crippen LogP contribution in [0.4, 0.5) is 0 Å². The van der Waals surface area contributed by atoms with Gasteiger partial charge in [-0.25, -0.2) is 0 Å². The Morgan fingerprint density at radius 3 is 1.21 bits per heavy atom. The van der Waals surface area contributed by atoms with E-state index >= 15 is 0 Å². The number of benzene rings is 2. The Morgan fingerprint density at radius 2 is 0.966 bits per heavy atom. The van der Waals surface area contributed by atoms with Crippen molar-refractivity contribution in [3.63, 3.8) is 0 Å². The van der Waals surface area contributed by atoms with Gasteiger partial charge in [0.15, 0.2) is 0 Å². The quantitative estimate of drug-likeness (QED) is 0.332. The summed E-state index contributed by atoms with van der Waals surface area (Å²) in [7, 11) is -9.16. The van der Waals surface area contributed by atoms with E-state index in [4.69, 9.17) is 0 Å². The van der Waals surface area contributed by atoms with Gasteiger partial charge in [-0.05, 0) is 0 Å². The summed E-state index contributed by atoms with van der Waals surface area (Å²) in [6.07, 6.45) is 0.421. The van der Waals surface area contributed by atoms with E-state index in [9.17, 15) is 25.9 Å². The van der Waals surface area contributed by atoms with Gasteiger partial charge in [-0.15, -0.1) is 0 Å². The SMILES string of the molecule is [CH3][Sn]([CH3])([CH3])[c]1ccc(S(=O)(=O)O)c2c1Cc1[c]([Sn]([CH3])([CH3])[CH3])ccc(S(=O)(=O)O)c1-2. The molecule has 0 aromatic heterocycles. The van der Waals surface area contributed by atoms with Crippen LogP contribution in [-0.4, -0.2) is 62.7 Å². The van der Waals surface area contributed by atoms with Crippen molar-refractivity contribution in [3.05, 3.63) is 35.4 Å². The van der Waals surface area contributed by atoms with Crippen molar-refractivity contribution >= 4 is 64.1 Å². The van der Waals surface area contributed by atoms with Crippen molar-refractivity contribution in [3.8, 4) is 11.1 Å². The van der Waals surface area contributed by atoms with E-state index in [0.29, 0.717) is 6.42 Å². The molecular weight excluding hydrogens is 626 g/mol. The fourth-order valence-corrected chi connectivity index (χ4v) is 15.3. The van der Waals surface area contributed by atoms with E-state index < -0.39 is 57.0 Å². The van der Waals surface area contributed by atoms with Gasteiger partial charge in [0, 0.05) is 0 Å². The normalized spacial score (nSPS) is 14.6. The van der Waals surface area contributed by atoms with E-state index in [-0.39, 0.29) is 20.9 Å². The van der Waals surface area contributed by atoms with Gasteiger partial charge in [0.2, 0.25) is 0 Å². The van der Waals surface area contributed by atoms with Crippen molar-refractivity contribution in [2.24, 2.45) is 0 Å². The Hall–Kier alpha value is -0.143. The average Bonchev–Trinajstić information content (AvgIpc) is 2.88. The second-order valence-electron chi connectivity index (χ2n) is 9.56. The third-order valence-corrected chi connectivity index (χ3v) is 19.0. The van der Waals surface area contributed by atoms with Crippen molar-refractivity contribution < 1.29 is 25.9 Å². The zero-order chi connectivity index (χ0) is 22.2. The first kappa shape index (κ1) is 23.5. The molecule has 1 aliphatic rings. The molecule has 0 saturated heterocycles. The second-order valence-corrected chi connectivity index (χ2v) is 41.1. The van der Waals surface area contributed by atoms with E-state index in [2.05, 4.69) is 29.6 Å². The molecule has 3 rings (SSSR count). The molecule has 0 bridgehead atoms. The van der Waals surface area contributed by atoms with Crippen molar-refractivity contribution in [2.45, 2.75) is 45.8 Å². The van der Waals surface area contributed by atoms with Gasteiger partial charge in [0.05, 0.1) is 0 Å². The molecule has 1 aliphatic carbocycles. The predicted octanol–water partition coefficient (Wildman–Crippen LogP) is 2.84. The summed E-state index contributed by atoms with van der Waals surface area (Å²) < 4.78 is 70.7. The summed E-state index contributed by atoms with van der Waals surface area (Å²) in [6.45, 7) is 0. The van der Waals surface area contributed by atoms with Gasteiger partial charge >= 0.3 is 182 Å². The van der Waals surface area contributed by atoms with Crippen molar-refractivity contribution in [1.82, 2.24) is 0 Å². The van der Waals surface area contributed by atoms with Gasteiger partial charge in [0.25, 0.3) is 0 Å². The maximum absolute atomic E-state index is 12.2. The molecule has 0 spiro atoms. The van der Waals surface area contributed by atoms with Crippen LogP contribution in [0.5, 0.6) is 0 Å². The average molecular weight is 652 g/mol. The van der Waals surface area contributed by atoms with E-state index in [1.807, 2.05) is 0 Å². The molecule has 2 N–H and O–H groups in total. The van der Waals surface area contributed by atoms with Gasteiger partial charge in [-0.3, -0.25) is 0 Å². The summed E-state index contributed by atoms with van der Waals surface area (Å²) in [6, 6.07) is 6.30. The second kappa shape index (κ2) is 7.19. The van der Waals surface area contributed by atoms with Crippen LogP contribution in [0.1, 0.15) is 11.1 Å². The van der Waals surface area contributed by atoms with E-state index in [1.54, 1.807) is 12.1 Å². The van der Waals surface area contributed by atoms with Crippen LogP contribution < -0.4 is 7.16 Å². The summed E-state index contributed by atoms with van der Waals surface area (Å²) >= 11 is -5.44. The summed E-state index contributed by atoms with van der Waals surface area (Å²) in [5.41, 5.74) is 2.06. The molecule has 0 radical (unpaired) electrons. The standard InChI is InChI=1S/C13H8O6S2.6CH3.2Sn/c14-20(15,16)10-5-1-3-8-7-9-4-2-6-11(21(17,18)19)13(9)12(8)10;;;;;;;;/h1-2,5-6H,7H2,(H,14,15,16)(H,17,18,19);6*1H3;;. The summed E-state index contributed by atoms with van der Waals surface area (Å²) in [5.74, 6) is 0. The van der Waals surface area contributed by atoms with E-state index in [1.165, 1.54) is 12.1 Å². The molecular formula is C19H26O6S2Sn2. The van der Waals surface area contributed by atoms with Crippen LogP contribution in [0.2, 0.25) is 29.6 Å². The van der Waals surface area contributed by atoms with Crippen LogP contribution >= 0.6 is 0 Å². The molecule has 0 saturated carbocycles. The summed E-state index contributed by atoms with van der Waals surface area (Å²) in [5, 5.41) is 0. The Labute approximate surface area is 181 Å². The topological polar surface area (TPSA) is 109 Å². The zero-order valence-electron chi connectivity index (χ0n) is 17.4. The number of hydrogen-bond acceptors (Lipinski definition) is 4. The molecule has 2 aromatic rings. The predicted molar refractivity (Wildman–Crippen MR) is 120 cm³/mol. The minimum absolute atomic E-state index is 0.247. The van der Waals surface area contributed by atoms with Crippen molar-refractivity contribution in [1.29, 1.82) is 0 Å². The zero-order valence-corrected chi connectivity index (χ0v) is 24.7. The maximum atomic E-state index is 12.2. The third-order valence-electron chi connectivity index (χ3n) is 5.32. The number of hydrogen-bond donors (Lipinski definition) is 2. The first-order valence-electron chi connectivity index (χ1n) is 9.22. The van der Waals surface area contributed by atoms with Crippen LogP contribution in [0.25, 0.3) is 11.1 Å². The molecule has 29 heavy (non-hydrogen) atoms. The van der Waals surface area contributed by atoms with Crippen molar-refractivity contribution in [2.75, 3.05) is 0 Å². The van der Waals surface area contributed by atoms with Crippen LogP contribution in [-0.2, 0) is 26.7 Å². The van der Waals surface area contributed by atoms with Crippen LogP contribution in [0.15, 0.2) is 34.1 Å². The van der Waals surface area contributed by atoms with E-state index in [0.717, 1.165) is 18.3 Å². The first-order chi connectivity index (χ1) is 12.9. The molecule has 158 valence electrons. The number of fused-ring (bicyclic) bond motifs is 3. The van der Waals surface area contributed by atoms with Crippen LogP contribution in [0.3, 0.4) is 0 Å². The fourth-order valence-electron chi connectivity index (χ4n) is 4.18. The minimum atomic E-state index is -4.58. The Bertz CT molecular complexity index is 1140. The summed E-state index contributed by atoms with van der Waals surface area (Å²) in [4.78, 5) is 12.6.